The van der Waals surface area contributed by atoms with E-state index in [0.717, 1.165) is 0 Å². The van der Waals surface area contributed by atoms with Crippen LogP contribution < -0.4 is 0 Å². The smallest absolute Gasteiger partial charge is 0.0146 e. The molecule has 0 aromatic heterocycles. The highest BCUT2D eigenvalue weighted by atomic mass is 14.2. The maximum atomic E-state index is 2.29. The summed E-state index contributed by atoms with van der Waals surface area (Å²) in [6, 6.07) is 15.6. The molecule has 0 radical (unpaired) electrons. The van der Waals surface area contributed by atoms with Crippen molar-refractivity contribution < 1.29 is 0 Å². The molecule has 0 aliphatic rings. The van der Waals surface area contributed by atoms with Gasteiger partial charge in [-0.05, 0) is 41.0 Å². The van der Waals surface area contributed by atoms with E-state index in [1.807, 2.05) is 0 Å². The third kappa shape index (κ3) is 2.89. The van der Waals surface area contributed by atoms with Gasteiger partial charge in [0.1, 0.15) is 0 Å². The van der Waals surface area contributed by atoms with Gasteiger partial charge in [-0.15, -0.1) is 0 Å². The maximum absolute atomic E-state index is 2.29. The molecule has 0 N–H and O–H groups in total. The molecule has 2 aromatic carbocycles. The normalized spacial score (nSPS) is 11.3. The van der Waals surface area contributed by atoms with Crippen molar-refractivity contribution in [2.45, 2.75) is 46.5 Å². The average molecular weight is 252 g/mol. The Balaban J connectivity index is 2.62. The van der Waals surface area contributed by atoms with Crippen LogP contribution in [0.3, 0.4) is 0 Å². The van der Waals surface area contributed by atoms with E-state index in [2.05, 4.69) is 77.1 Å². The van der Waals surface area contributed by atoms with Crippen LogP contribution in [0.1, 0.15) is 56.2 Å². The summed E-state index contributed by atoms with van der Waals surface area (Å²) in [7, 11) is 0. The highest BCUT2D eigenvalue weighted by molar-refractivity contribution is 5.70. The minimum Gasteiger partial charge on any atom is -0.0613 e. The van der Waals surface area contributed by atoms with Crippen LogP contribution >= 0.6 is 0 Å². The van der Waals surface area contributed by atoms with Gasteiger partial charge in [-0.1, -0.05) is 75.7 Å². The van der Waals surface area contributed by atoms with E-state index < -0.39 is 0 Å². The second-order valence-electron chi connectivity index (χ2n) is 5.98. The lowest BCUT2D eigenvalue weighted by Crippen LogP contribution is -2.01. The van der Waals surface area contributed by atoms with Crippen molar-refractivity contribution in [3.8, 4) is 11.1 Å². The minimum atomic E-state index is 0.551. The van der Waals surface area contributed by atoms with Crippen LogP contribution in [0.2, 0.25) is 0 Å². The quantitative estimate of drug-likeness (QED) is 0.637. The summed E-state index contributed by atoms with van der Waals surface area (Å²) in [5.41, 5.74) is 7.02. The second-order valence-corrected chi connectivity index (χ2v) is 5.98. The number of benzene rings is 2. The molecule has 0 aliphatic carbocycles. The first kappa shape index (κ1) is 13.9. The molecule has 0 atom stereocenters. The predicted molar refractivity (Wildman–Crippen MR) is 84.8 cm³/mol. The molecule has 0 heteroatoms. The summed E-state index contributed by atoms with van der Waals surface area (Å²) in [5.74, 6) is 1.12. The van der Waals surface area contributed by atoms with Crippen molar-refractivity contribution in [1.29, 1.82) is 0 Å². The van der Waals surface area contributed by atoms with Gasteiger partial charge in [-0.25, -0.2) is 0 Å². The monoisotopic (exact) mass is 252 g/mol. The highest BCUT2D eigenvalue weighted by Crippen LogP contribution is 2.35. The van der Waals surface area contributed by atoms with Crippen molar-refractivity contribution in [3.05, 3.63) is 59.2 Å². The largest absolute Gasteiger partial charge is 0.0613 e. The topological polar surface area (TPSA) is 0 Å². The number of aryl methyl sites for hydroxylation is 1. The van der Waals surface area contributed by atoms with E-state index in [-0.39, 0.29) is 0 Å². The molecule has 0 fully saturated rings. The zero-order chi connectivity index (χ0) is 14.0. The molecule has 0 heterocycles. The Labute approximate surface area is 117 Å². The first-order chi connectivity index (χ1) is 9.00. The van der Waals surface area contributed by atoms with Crippen molar-refractivity contribution in [1.82, 2.24) is 0 Å². The van der Waals surface area contributed by atoms with E-state index in [1.165, 1.54) is 27.8 Å². The molecular formula is C19H24. The first-order valence-electron chi connectivity index (χ1n) is 7.20. The van der Waals surface area contributed by atoms with Crippen molar-refractivity contribution in [2.24, 2.45) is 0 Å². The Hall–Kier alpha value is -1.56. The molecule has 0 spiro atoms. The molecule has 0 aliphatic heterocycles. The van der Waals surface area contributed by atoms with Gasteiger partial charge in [0.05, 0.1) is 0 Å². The summed E-state index contributed by atoms with van der Waals surface area (Å²) in [5, 5.41) is 0. The lowest BCUT2D eigenvalue weighted by atomic mass is 9.84. The lowest BCUT2D eigenvalue weighted by Gasteiger charge is -2.20. The number of hydrogen-bond acceptors (Lipinski definition) is 0. The standard InChI is InChI=1S/C19H24/c1-13(2)17-7-6-8-18(19(17)14(3)4)16-11-9-15(5)10-12-16/h6-14H,1-5H3. The molecule has 2 rings (SSSR count). The molecule has 0 unspecified atom stereocenters. The van der Waals surface area contributed by atoms with Crippen LogP contribution in [-0.4, -0.2) is 0 Å². The average Bonchev–Trinajstić information content (AvgIpc) is 2.38. The molecule has 0 amide bonds. The van der Waals surface area contributed by atoms with E-state index in [0.29, 0.717) is 11.8 Å². The molecular weight excluding hydrogens is 228 g/mol. The third-order valence-electron chi connectivity index (χ3n) is 3.70. The van der Waals surface area contributed by atoms with Crippen LogP contribution in [-0.2, 0) is 0 Å². The SMILES string of the molecule is Cc1ccc(-c2cccc(C(C)C)c2C(C)C)cc1. The molecule has 19 heavy (non-hydrogen) atoms. The predicted octanol–water partition coefficient (Wildman–Crippen LogP) is 5.91. The fraction of sp³-hybridized carbons (Fsp3) is 0.368. The molecule has 100 valence electrons. The summed E-state index contributed by atoms with van der Waals surface area (Å²) in [6.07, 6.45) is 0. The van der Waals surface area contributed by atoms with Gasteiger partial charge in [0.2, 0.25) is 0 Å². The molecule has 0 saturated carbocycles. The molecule has 2 aromatic rings. The molecule has 0 saturated heterocycles. The minimum absolute atomic E-state index is 0.551. The van der Waals surface area contributed by atoms with Crippen molar-refractivity contribution >= 4 is 0 Å². The van der Waals surface area contributed by atoms with E-state index in [4.69, 9.17) is 0 Å². The zero-order valence-electron chi connectivity index (χ0n) is 12.7. The summed E-state index contributed by atoms with van der Waals surface area (Å²) in [6.45, 7) is 11.3. The Bertz CT molecular complexity index is 545. The van der Waals surface area contributed by atoms with Crippen molar-refractivity contribution in [3.63, 3.8) is 0 Å². The van der Waals surface area contributed by atoms with E-state index in [9.17, 15) is 0 Å². The molecule has 0 bridgehead atoms. The Morgan fingerprint density at radius 1 is 0.737 bits per heavy atom. The Kier molecular flexibility index (Phi) is 4.09. The van der Waals surface area contributed by atoms with Gasteiger partial charge in [-0.2, -0.15) is 0 Å². The van der Waals surface area contributed by atoms with Gasteiger partial charge >= 0.3 is 0 Å². The van der Waals surface area contributed by atoms with E-state index >= 15 is 0 Å². The summed E-state index contributed by atoms with van der Waals surface area (Å²) >= 11 is 0. The van der Waals surface area contributed by atoms with Crippen molar-refractivity contribution in [2.75, 3.05) is 0 Å². The number of rotatable bonds is 3. The van der Waals surface area contributed by atoms with Gasteiger partial charge in [0, 0.05) is 0 Å². The van der Waals surface area contributed by atoms with Crippen LogP contribution in [0.4, 0.5) is 0 Å². The van der Waals surface area contributed by atoms with E-state index in [1.54, 1.807) is 0 Å². The van der Waals surface area contributed by atoms with Crippen LogP contribution in [0.15, 0.2) is 42.5 Å². The fourth-order valence-electron chi connectivity index (χ4n) is 2.72. The fourth-order valence-corrected chi connectivity index (χ4v) is 2.72. The first-order valence-corrected chi connectivity index (χ1v) is 7.20. The number of hydrogen-bond donors (Lipinski definition) is 0. The Morgan fingerprint density at radius 3 is 1.89 bits per heavy atom. The molecule has 0 nitrogen and oxygen atoms in total. The maximum Gasteiger partial charge on any atom is -0.0146 e. The summed E-state index contributed by atoms with van der Waals surface area (Å²) in [4.78, 5) is 0. The van der Waals surface area contributed by atoms with Gasteiger partial charge in [0.25, 0.3) is 0 Å². The third-order valence-corrected chi connectivity index (χ3v) is 3.70. The summed E-state index contributed by atoms with van der Waals surface area (Å²) < 4.78 is 0. The zero-order valence-corrected chi connectivity index (χ0v) is 12.7. The van der Waals surface area contributed by atoms with Crippen LogP contribution in [0, 0.1) is 6.92 Å². The lowest BCUT2D eigenvalue weighted by molar-refractivity contribution is 0.792. The van der Waals surface area contributed by atoms with Gasteiger partial charge in [-0.3, -0.25) is 0 Å². The second kappa shape index (κ2) is 5.61. The highest BCUT2D eigenvalue weighted by Gasteiger charge is 2.15. The van der Waals surface area contributed by atoms with Gasteiger partial charge in [0.15, 0.2) is 0 Å². The van der Waals surface area contributed by atoms with Crippen LogP contribution in [0.5, 0.6) is 0 Å². The Morgan fingerprint density at radius 2 is 1.37 bits per heavy atom. The van der Waals surface area contributed by atoms with Crippen LogP contribution in [0.25, 0.3) is 11.1 Å². The van der Waals surface area contributed by atoms with Gasteiger partial charge < -0.3 is 0 Å².